The molecule has 0 aliphatic rings. The Morgan fingerprint density at radius 2 is 1.75 bits per heavy atom. The van der Waals surface area contributed by atoms with Crippen molar-refractivity contribution in [2.75, 3.05) is 6.61 Å². The molecule has 3 aromatic rings. The van der Waals surface area contributed by atoms with E-state index in [1.54, 1.807) is 0 Å². The fourth-order valence-corrected chi connectivity index (χ4v) is 3.09. The molecule has 0 aliphatic carbocycles. The lowest BCUT2D eigenvalue weighted by Gasteiger charge is -2.08. The number of nitrogens with two attached hydrogens (primary N) is 1. The van der Waals surface area contributed by atoms with Crippen LogP contribution in [0.15, 0.2) is 54.6 Å². The van der Waals surface area contributed by atoms with Gasteiger partial charge in [-0.05, 0) is 37.1 Å². The number of nitrogens with zero attached hydrogens (tertiary/aromatic N) is 2. The van der Waals surface area contributed by atoms with Crippen molar-refractivity contribution >= 4 is 5.91 Å². The van der Waals surface area contributed by atoms with Gasteiger partial charge >= 0.3 is 0 Å². The van der Waals surface area contributed by atoms with Gasteiger partial charge in [0.1, 0.15) is 5.75 Å². The van der Waals surface area contributed by atoms with Crippen LogP contribution in [0.1, 0.15) is 28.1 Å². The van der Waals surface area contributed by atoms with Crippen LogP contribution in [0.3, 0.4) is 0 Å². The van der Waals surface area contributed by atoms with E-state index in [0.29, 0.717) is 5.75 Å². The number of amides is 1. The first-order valence-electron chi connectivity index (χ1n) is 9.30. The summed E-state index contributed by atoms with van der Waals surface area (Å²) >= 11 is 0. The van der Waals surface area contributed by atoms with E-state index in [1.165, 1.54) is 16.8 Å². The number of hydrogen-bond acceptors (Lipinski definition) is 4. The van der Waals surface area contributed by atoms with E-state index < -0.39 is 5.91 Å². The van der Waals surface area contributed by atoms with Crippen LogP contribution in [-0.4, -0.2) is 22.3 Å². The molecular weight excluding hydrogens is 352 g/mol. The highest BCUT2D eigenvalue weighted by Gasteiger charge is 2.11. The number of aryl methyl sites for hydroxylation is 1. The van der Waals surface area contributed by atoms with E-state index in [0.717, 1.165) is 30.9 Å². The maximum absolute atomic E-state index is 10.8. The van der Waals surface area contributed by atoms with Gasteiger partial charge in [-0.25, -0.2) is 0 Å². The summed E-state index contributed by atoms with van der Waals surface area (Å²) in [5.41, 5.74) is 10.9. The van der Waals surface area contributed by atoms with Gasteiger partial charge in [-0.15, -0.1) is 0 Å². The van der Waals surface area contributed by atoms with E-state index in [4.69, 9.17) is 15.6 Å². The van der Waals surface area contributed by atoms with E-state index in [2.05, 4.69) is 36.0 Å². The predicted molar refractivity (Wildman–Crippen MR) is 109 cm³/mol. The van der Waals surface area contributed by atoms with Crippen LogP contribution in [0.4, 0.5) is 0 Å². The Morgan fingerprint density at radius 1 is 1.04 bits per heavy atom. The molecule has 0 atom stereocenters. The van der Waals surface area contributed by atoms with Crippen LogP contribution in [-0.2, 0) is 24.4 Å². The van der Waals surface area contributed by atoms with Crippen LogP contribution in [0.5, 0.6) is 5.75 Å². The van der Waals surface area contributed by atoms with Crippen molar-refractivity contribution < 1.29 is 9.53 Å². The minimum absolute atomic E-state index is 0.108. The molecule has 0 aliphatic heterocycles. The molecule has 6 heteroatoms. The summed E-state index contributed by atoms with van der Waals surface area (Å²) in [5.74, 6) is 0.153. The maximum atomic E-state index is 10.8. The summed E-state index contributed by atoms with van der Waals surface area (Å²) in [7, 11) is 0. The molecular formula is C22H26N4O2. The zero-order valence-corrected chi connectivity index (χ0v) is 16.3. The second-order valence-electron chi connectivity index (χ2n) is 6.80. The summed E-state index contributed by atoms with van der Waals surface area (Å²) in [6.07, 6.45) is 0. The van der Waals surface area contributed by atoms with Crippen molar-refractivity contribution in [1.29, 1.82) is 0 Å². The number of carbonyl (C=O) groups excluding carboxylic acids is 1. The van der Waals surface area contributed by atoms with Gasteiger partial charge in [-0.3, -0.25) is 9.48 Å². The first-order chi connectivity index (χ1) is 13.5. The third-order valence-corrected chi connectivity index (χ3v) is 4.64. The van der Waals surface area contributed by atoms with Crippen LogP contribution >= 0.6 is 0 Å². The minimum Gasteiger partial charge on any atom is -0.484 e. The normalized spacial score (nSPS) is 10.8. The standard InChI is InChI=1S/C22H26N4O2/c1-16-21(17(2)26(25-16)14-19-6-4-3-5-7-19)13-24-12-18-8-10-20(11-9-18)28-15-22(23)27/h3-11,24H,12-15H2,1-2H3,(H2,23,27). The number of rotatable bonds is 9. The highest BCUT2D eigenvalue weighted by molar-refractivity contribution is 5.75. The summed E-state index contributed by atoms with van der Waals surface area (Å²) in [6, 6.07) is 18.0. The fraction of sp³-hybridized carbons (Fsp3) is 0.273. The van der Waals surface area contributed by atoms with E-state index in [1.807, 2.05) is 42.5 Å². The fourth-order valence-electron chi connectivity index (χ4n) is 3.09. The molecule has 0 spiro atoms. The number of nitrogens with one attached hydrogen (secondary N) is 1. The molecule has 0 fully saturated rings. The monoisotopic (exact) mass is 378 g/mol. The average molecular weight is 378 g/mol. The molecule has 0 radical (unpaired) electrons. The molecule has 6 nitrogen and oxygen atoms in total. The lowest BCUT2D eigenvalue weighted by molar-refractivity contribution is -0.119. The molecule has 3 N–H and O–H groups in total. The Hall–Kier alpha value is -3.12. The number of benzene rings is 2. The molecule has 0 unspecified atom stereocenters. The van der Waals surface area contributed by atoms with Crippen LogP contribution in [0, 0.1) is 13.8 Å². The summed E-state index contributed by atoms with van der Waals surface area (Å²) in [4.78, 5) is 10.8. The van der Waals surface area contributed by atoms with Crippen molar-refractivity contribution in [1.82, 2.24) is 15.1 Å². The zero-order chi connectivity index (χ0) is 19.9. The number of aromatic nitrogens is 2. The molecule has 0 saturated carbocycles. The smallest absolute Gasteiger partial charge is 0.255 e. The van der Waals surface area contributed by atoms with Gasteiger partial charge in [0.25, 0.3) is 5.91 Å². The van der Waals surface area contributed by atoms with Gasteiger partial charge < -0.3 is 15.8 Å². The van der Waals surface area contributed by atoms with Crippen LogP contribution in [0.25, 0.3) is 0 Å². The number of carbonyl (C=O) groups is 1. The molecule has 1 aromatic heterocycles. The second-order valence-corrected chi connectivity index (χ2v) is 6.80. The molecule has 2 aromatic carbocycles. The third kappa shape index (κ3) is 5.20. The van der Waals surface area contributed by atoms with Crippen LogP contribution < -0.4 is 15.8 Å². The zero-order valence-electron chi connectivity index (χ0n) is 16.3. The highest BCUT2D eigenvalue weighted by atomic mass is 16.5. The molecule has 0 saturated heterocycles. The van der Waals surface area contributed by atoms with E-state index in [-0.39, 0.29) is 6.61 Å². The van der Waals surface area contributed by atoms with Crippen molar-refractivity contribution in [2.45, 2.75) is 33.5 Å². The summed E-state index contributed by atoms with van der Waals surface area (Å²) in [6.45, 7) is 6.33. The molecule has 1 heterocycles. The van der Waals surface area contributed by atoms with Gasteiger partial charge in [-0.2, -0.15) is 5.10 Å². The minimum atomic E-state index is -0.482. The topological polar surface area (TPSA) is 82.2 Å². The molecule has 3 rings (SSSR count). The molecule has 1 amide bonds. The largest absolute Gasteiger partial charge is 0.484 e. The van der Waals surface area contributed by atoms with E-state index >= 15 is 0 Å². The van der Waals surface area contributed by atoms with Gasteiger partial charge in [-0.1, -0.05) is 42.5 Å². The van der Waals surface area contributed by atoms with Crippen molar-refractivity contribution in [3.05, 3.63) is 82.7 Å². The van der Waals surface area contributed by atoms with Gasteiger partial charge in [0.05, 0.1) is 12.2 Å². The van der Waals surface area contributed by atoms with Gasteiger partial charge in [0, 0.05) is 24.3 Å². The average Bonchev–Trinajstić information content (AvgIpc) is 2.95. The van der Waals surface area contributed by atoms with Gasteiger partial charge in [0.2, 0.25) is 0 Å². The summed E-state index contributed by atoms with van der Waals surface area (Å²) in [5, 5.41) is 8.18. The number of primary amides is 1. The number of ether oxygens (including phenoxy) is 1. The van der Waals surface area contributed by atoms with Crippen LogP contribution in [0.2, 0.25) is 0 Å². The molecule has 28 heavy (non-hydrogen) atoms. The lowest BCUT2D eigenvalue weighted by Crippen LogP contribution is -2.20. The predicted octanol–water partition coefficient (Wildman–Crippen LogP) is 2.70. The maximum Gasteiger partial charge on any atom is 0.255 e. The van der Waals surface area contributed by atoms with Crippen molar-refractivity contribution in [3.8, 4) is 5.75 Å². The highest BCUT2D eigenvalue weighted by Crippen LogP contribution is 2.16. The second kappa shape index (κ2) is 9.19. The Kier molecular flexibility index (Phi) is 6.45. The Labute approximate surface area is 165 Å². The Morgan fingerprint density at radius 3 is 2.43 bits per heavy atom. The lowest BCUT2D eigenvalue weighted by atomic mass is 10.1. The SMILES string of the molecule is Cc1nn(Cc2ccccc2)c(C)c1CNCc1ccc(OCC(N)=O)cc1. The first kappa shape index (κ1) is 19.6. The number of hydrogen-bond donors (Lipinski definition) is 2. The third-order valence-electron chi connectivity index (χ3n) is 4.64. The van der Waals surface area contributed by atoms with Crippen molar-refractivity contribution in [2.24, 2.45) is 5.73 Å². The Balaban J connectivity index is 1.55. The summed E-state index contributed by atoms with van der Waals surface area (Å²) < 4.78 is 7.34. The van der Waals surface area contributed by atoms with Gasteiger partial charge in [0.15, 0.2) is 6.61 Å². The Bertz CT molecular complexity index is 918. The van der Waals surface area contributed by atoms with E-state index in [9.17, 15) is 4.79 Å². The quantitative estimate of drug-likeness (QED) is 0.600. The van der Waals surface area contributed by atoms with Crippen molar-refractivity contribution in [3.63, 3.8) is 0 Å². The molecule has 0 bridgehead atoms. The molecule has 146 valence electrons. The first-order valence-corrected chi connectivity index (χ1v) is 9.30.